The van der Waals surface area contributed by atoms with E-state index in [0.29, 0.717) is 13.2 Å². The average molecular weight is 343 g/mol. The molecule has 1 aromatic rings. The van der Waals surface area contributed by atoms with Crippen LogP contribution in [0.15, 0.2) is 36.0 Å². The lowest BCUT2D eigenvalue weighted by Gasteiger charge is -2.22. The zero-order valence-electron chi connectivity index (χ0n) is 14.6. The minimum absolute atomic E-state index is 0.0926. The Morgan fingerprint density at radius 1 is 1.24 bits per heavy atom. The molecule has 1 saturated carbocycles. The summed E-state index contributed by atoms with van der Waals surface area (Å²) in [4.78, 5) is 12.1. The molecule has 25 heavy (non-hydrogen) atoms. The third-order valence-corrected chi connectivity index (χ3v) is 4.13. The van der Waals surface area contributed by atoms with Crippen LogP contribution in [-0.4, -0.2) is 32.2 Å². The summed E-state index contributed by atoms with van der Waals surface area (Å²) in [6.07, 6.45) is 6.94. The molecule has 0 bridgehead atoms. The number of nitrogens with zero attached hydrogens (tertiary/aromatic N) is 1. The van der Waals surface area contributed by atoms with E-state index in [2.05, 4.69) is 10.6 Å². The monoisotopic (exact) mass is 343 g/mol. The molecular weight excluding hydrogens is 318 g/mol. The topological polar surface area (TPSA) is 83.4 Å². The van der Waals surface area contributed by atoms with Crippen molar-refractivity contribution < 1.29 is 14.3 Å². The third-order valence-electron chi connectivity index (χ3n) is 4.13. The molecule has 0 spiro atoms. The van der Waals surface area contributed by atoms with Crippen molar-refractivity contribution >= 4 is 5.91 Å². The smallest absolute Gasteiger partial charge is 0.263 e. The second-order valence-electron chi connectivity index (χ2n) is 5.96. The highest BCUT2D eigenvalue weighted by Gasteiger charge is 2.17. The minimum Gasteiger partial charge on any atom is -0.497 e. The number of carbonyl (C=O) groups excluding carboxylic acids is 1. The van der Waals surface area contributed by atoms with Crippen molar-refractivity contribution in [2.75, 3.05) is 20.3 Å². The summed E-state index contributed by atoms with van der Waals surface area (Å²) >= 11 is 0. The van der Waals surface area contributed by atoms with Crippen molar-refractivity contribution in [1.29, 1.82) is 5.26 Å². The van der Waals surface area contributed by atoms with E-state index < -0.39 is 0 Å². The van der Waals surface area contributed by atoms with Gasteiger partial charge in [-0.1, -0.05) is 19.3 Å². The second kappa shape index (κ2) is 10.2. The van der Waals surface area contributed by atoms with Crippen molar-refractivity contribution in [3.05, 3.63) is 36.0 Å². The molecule has 1 aliphatic rings. The maximum Gasteiger partial charge on any atom is 0.263 e. The fraction of sp³-hybridized carbons (Fsp3) is 0.474. The number of methoxy groups -OCH3 is 1. The second-order valence-corrected chi connectivity index (χ2v) is 5.96. The van der Waals surface area contributed by atoms with Gasteiger partial charge in [-0.3, -0.25) is 4.79 Å². The number of ether oxygens (including phenoxy) is 2. The Bertz CT molecular complexity index is 614. The van der Waals surface area contributed by atoms with Gasteiger partial charge < -0.3 is 20.1 Å². The van der Waals surface area contributed by atoms with Crippen LogP contribution < -0.4 is 20.1 Å². The lowest BCUT2D eigenvalue weighted by atomic mass is 9.95. The molecule has 0 unspecified atom stereocenters. The summed E-state index contributed by atoms with van der Waals surface area (Å²) < 4.78 is 10.7. The van der Waals surface area contributed by atoms with Crippen LogP contribution in [0.2, 0.25) is 0 Å². The van der Waals surface area contributed by atoms with Crippen molar-refractivity contribution in [2.24, 2.45) is 0 Å². The van der Waals surface area contributed by atoms with E-state index in [0.717, 1.165) is 37.2 Å². The van der Waals surface area contributed by atoms with Gasteiger partial charge in [0.2, 0.25) is 0 Å². The summed E-state index contributed by atoms with van der Waals surface area (Å²) in [6, 6.07) is 9.44. The number of rotatable bonds is 8. The van der Waals surface area contributed by atoms with E-state index in [-0.39, 0.29) is 17.5 Å². The van der Waals surface area contributed by atoms with Crippen molar-refractivity contribution in [1.82, 2.24) is 10.6 Å². The van der Waals surface area contributed by atoms with Crippen LogP contribution in [0.1, 0.15) is 32.1 Å². The summed E-state index contributed by atoms with van der Waals surface area (Å²) in [6.45, 7) is 0.916. The van der Waals surface area contributed by atoms with Gasteiger partial charge in [-0.2, -0.15) is 5.26 Å². The Kier molecular flexibility index (Phi) is 7.64. The molecule has 0 saturated heterocycles. The van der Waals surface area contributed by atoms with Gasteiger partial charge in [-0.05, 0) is 37.1 Å². The summed E-state index contributed by atoms with van der Waals surface area (Å²) in [7, 11) is 1.61. The van der Waals surface area contributed by atoms with Crippen LogP contribution >= 0.6 is 0 Å². The van der Waals surface area contributed by atoms with Gasteiger partial charge in [-0.25, -0.2) is 0 Å². The van der Waals surface area contributed by atoms with Crippen LogP contribution in [-0.2, 0) is 4.79 Å². The molecule has 134 valence electrons. The molecule has 1 fully saturated rings. The fourth-order valence-corrected chi connectivity index (χ4v) is 2.73. The fourth-order valence-electron chi connectivity index (χ4n) is 2.73. The quantitative estimate of drug-likeness (QED) is 0.430. The van der Waals surface area contributed by atoms with Gasteiger partial charge >= 0.3 is 0 Å². The minimum atomic E-state index is -0.307. The lowest BCUT2D eigenvalue weighted by molar-refractivity contribution is -0.118. The largest absolute Gasteiger partial charge is 0.497 e. The molecule has 1 aromatic carbocycles. The first-order valence-corrected chi connectivity index (χ1v) is 8.64. The number of hydrogen-bond donors (Lipinski definition) is 2. The van der Waals surface area contributed by atoms with Gasteiger partial charge in [0.05, 0.1) is 7.11 Å². The molecular formula is C19H25N3O3. The molecule has 0 aliphatic heterocycles. The number of amides is 1. The summed E-state index contributed by atoms with van der Waals surface area (Å²) in [5.41, 5.74) is 0.0926. The zero-order valence-corrected chi connectivity index (χ0v) is 14.6. The van der Waals surface area contributed by atoms with E-state index in [1.807, 2.05) is 30.3 Å². The van der Waals surface area contributed by atoms with Gasteiger partial charge in [-0.15, -0.1) is 0 Å². The highest BCUT2D eigenvalue weighted by Crippen LogP contribution is 2.18. The van der Waals surface area contributed by atoms with Gasteiger partial charge in [0.25, 0.3) is 5.91 Å². The Balaban J connectivity index is 1.70. The van der Waals surface area contributed by atoms with Crippen LogP contribution in [0.25, 0.3) is 0 Å². The van der Waals surface area contributed by atoms with Crippen molar-refractivity contribution in [2.45, 2.75) is 38.1 Å². The summed E-state index contributed by atoms with van der Waals surface area (Å²) in [5, 5.41) is 15.0. The zero-order chi connectivity index (χ0) is 17.9. The van der Waals surface area contributed by atoms with Crippen LogP contribution in [0, 0.1) is 11.3 Å². The first-order valence-electron chi connectivity index (χ1n) is 8.64. The van der Waals surface area contributed by atoms with Gasteiger partial charge in [0.15, 0.2) is 0 Å². The molecule has 2 N–H and O–H groups in total. The van der Waals surface area contributed by atoms with E-state index in [1.165, 1.54) is 12.6 Å². The van der Waals surface area contributed by atoms with Crippen LogP contribution in [0.5, 0.6) is 11.5 Å². The predicted octanol–water partition coefficient (Wildman–Crippen LogP) is 2.52. The number of benzene rings is 1. The predicted molar refractivity (Wildman–Crippen MR) is 95.2 cm³/mol. The highest BCUT2D eigenvalue weighted by atomic mass is 16.5. The van der Waals surface area contributed by atoms with Crippen LogP contribution in [0.3, 0.4) is 0 Å². The van der Waals surface area contributed by atoms with Crippen molar-refractivity contribution in [3.63, 3.8) is 0 Å². The standard InChI is InChI=1S/C19H25N3O3/c1-24-17-7-9-18(10-8-17)25-12-11-21-14-15(13-20)19(23)22-16-5-3-2-4-6-16/h7-10,14,16,21H,2-6,11-12H2,1H3,(H,22,23)/b15-14-. The van der Waals surface area contributed by atoms with E-state index in [9.17, 15) is 4.79 Å². The third kappa shape index (κ3) is 6.38. The number of carbonyl (C=O) groups is 1. The normalized spacial score (nSPS) is 15.1. The Morgan fingerprint density at radius 3 is 2.56 bits per heavy atom. The van der Waals surface area contributed by atoms with Crippen molar-refractivity contribution in [3.8, 4) is 17.6 Å². The first kappa shape index (κ1) is 18.7. The Morgan fingerprint density at radius 2 is 1.92 bits per heavy atom. The molecule has 0 aromatic heterocycles. The molecule has 1 aliphatic carbocycles. The number of hydrogen-bond acceptors (Lipinski definition) is 5. The molecule has 0 heterocycles. The van der Waals surface area contributed by atoms with Crippen LogP contribution in [0.4, 0.5) is 0 Å². The number of nitriles is 1. The Hall–Kier alpha value is -2.68. The first-order chi connectivity index (χ1) is 12.2. The molecule has 0 atom stereocenters. The van der Waals surface area contributed by atoms with Gasteiger partial charge in [0.1, 0.15) is 29.7 Å². The lowest BCUT2D eigenvalue weighted by Crippen LogP contribution is -2.37. The number of nitrogens with one attached hydrogen (secondary N) is 2. The maximum absolute atomic E-state index is 12.1. The molecule has 6 heteroatoms. The van der Waals surface area contributed by atoms with E-state index in [4.69, 9.17) is 14.7 Å². The average Bonchev–Trinajstić information content (AvgIpc) is 2.66. The molecule has 0 radical (unpaired) electrons. The SMILES string of the molecule is COc1ccc(OCCN/C=C(/C#N)C(=O)NC2CCCCC2)cc1. The Labute approximate surface area is 148 Å². The molecule has 2 rings (SSSR count). The maximum atomic E-state index is 12.1. The molecule has 6 nitrogen and oxygen atoms in total. The highest BCUT2D eigenvalue weighted by molar-refractivity contribution is 5.97. The van der Waals surface area contributed by atoms with E-state index >= 15 is 0 Å². The summed E-state index contributed by atoms with van der Waals surface area (Å²) in [5.74, 6) is 1.20. The molecule has 1 amide bonds. The van der Waals surface area contributed by atoms with Gasteiger partial charge in [0, 0.05) is 18.8 Å². The van der Waals surface area contributed by atoms with E-state index in [1.54, 1.807) is 7.11 Å².